The molecule has 6 rings (SSSR count). The monoisotopic (exact) mass is 701 g/mol. The first-order valence-electron chi connectivity index (χ1n) is 16.9. The number of carbonyl (C=O) groups excluding carboxylic acids is 3. The summed E-state index contributed by atoms with van der Waals surface area (Å²) in [5.74, 6) is -2.38. The van der Waals surface area contributed by atoms with Crippen LogP contribution in [0.5, 0.6) is 11.5 Å². The molecule has 1 aliphatic heterocycles. The lowest BCUT2D eigenvalue weighted by Gasteiger charge is -2.27. The van der Waals surface area contributed by atoms with E-state index in [4.69, 9.17) is 14.3 Å². The van der Waals surface area contributed by atoms with Gasteiger partial charge in [-0.05, 0) is 69.9 Å². The molecule has 5 aromatic carbocycles. The third kappa shape index (κ3) is 8.39. The molecule has 0 aliphatic carbocycles. The Bertz CT molecular complexity index is 2130. The predicted molar refractivity (Wildman–Crippen MR) is 196 cm³/mol. The van der Waals surface area contributed by atoms with Crippen LogP contribution in [0.2, 0.25) is 0 Å². The van der Waals surface area contributed by atoms with Gasteiger partial charge >= 0.3 is 5.97 Å². The van der Waals surface area contributed by atoms with Crippen LogP contribution >= 0.6 is 0 Å². The first kappa shape index (κ1) is 35.6. The fourth-order valence-electron chi connectivity index (χ4n) is 5.94. The molecule has 11 nitrogen and oxygen atoms in total. The zero-order chi connectivity index (χ0) is 36.7. The molecule has 1 unspecified atom stereocenters. The number of para-hydroxylation sites is 1. The van der Waals surface area contributed by atoms with Gasteiger partial charge in [-0.25, -0.2) is 0 Å². The number of hydroxylamine groups is 1. The SMILES string of the molecule is CC(C)[C@H](NC(=O)c1ccc2ccccc2c1)C1=CC(COc2ccccc2)(C(=O)N[C@@H](CC(=O)O)C(=O)COc2ccc3ccccc3c2)ON1. The summed E-state index contributed by atoms with van der Waals surface area (Å²) in [4.78, 5) is 58.9. The minimum atomic E-state index is -1.86. The Kier molecular flexibility index (Phi) is 10.8. The third-order valence-electron chi connectivity index (χ3n) is 8.80. The summed E-state index contributed by atoms with van der Waals surface area (Å²) < 4.78 is 11.7. The average molecular weight is 702 g/mol. The van der Waals surface area contributed by atoms with Gasteiger partial charge in [0.1, 0.15) is 30.8 Å². The quantitative estimate of drug-likeness (QED) is 0.109. The average Bonchev–Trinajstić information content (AvgIpc) is 3.60. The Balaban J connectivity index is 1.23. The molecule has 0 saturated carbocycles. The Morgan fingerprint density at radius 1 is 0.750 bits per heavy atom. The van der Waals surface area contributed by atoms with Crippen molar-refractivity contribution in [3.63, 3.8) is 0 Å². The molecule has 0 aromatic heterocycles. The smallest absolute Gasteiger partial charge is 0.305 e. The maximum Gasteiger partial charge on any atom is 0.305 e. The van der Waals surface area contributed by atoms with E-state index in [2.05, 4.69) is 16.1 Å². The van der Waals surface area contributed by atoms with Crippen LogP contribution in [0.15, 0.2) is 127 Å². The van der Waals surface area contributed by atoms with Crippen molar-refractivity contribution < 1.29 is 38.6 Å². The number of fused-ring (bicyclic) bond motifs is 2. The van der Waals surface area contributed by atoms with Crippen LogP contribution < -0.4 is 25.6 Å². The van der Waals surface area contributed by atoms with E-state index in [1.165, 1.54) is 6.08 Å². The van der Waals surface area contributed by atoms with E-state index in [1.54, 1.807) is 42.5 Å². The fraction of sp³-hybridized carbons (Fsp3) is 0.220. The van der Waals surface area contributed by atoms with E-state index in [0.717, 1.165) is 21.5 Å². The lowest BCUT2D eigenvalue weighted by Crippen LogP contribution is -2.56. The lowest BCUT2D eigenvalue weighted by atomic mass is 9.95. The van der Waals surface area contributed by atoms with Crippen LogP contribution in [-0.2, 0) is 19.2 Å². The third-order valence-corrected chi connectivity index (χ3v) is 8.80. The number of carbonyl (C=O) groups is 4. The number of benzene rings is 5. The minimum Gasteiger partial charge on any atom is -0.490 e. The zero-order valence-electron chi connectivity index (χ0n) is 28.7. The summed E-state index contributed by atoms with van der Waals surface area (Å²) in [5, 5.41) is 19.1. The van der Waals surface area contributed by atoms with Crippen LogP contribution in [0.25, 0.3) is 21.5 Å². The van der Waals surface area contributed by atoms with Crippen molar-refractivity contribution in [2.75, 3.05) is 13.2 Å². The summed E-state index contributed by atoms with van der Waals surface area (Å²) in [6.45, 7) is 2.99. The van der Waals surface area contributed by atoms with Crippen LogP contribution in [0, 0.1) is 5.92 Å². The van der Waals surface area contributed by atoms with E-state index in [1.807, 2.05) is 86.6 Å². The van der Waals surface area contributed by atoms with E-state index >= 15 is 0 Å². The summed E-state index contributed by atoms with van der Waals surface area (Å²) in [5.41, 5.74) is 1.80. The molecule has 0 bridgehead atoms. The molecule has 4 N–H and O–H groups in total. The second-order valence-electron chi connectivity index (χ2n) is 12.9. The molecule has 3 atom stereocenters. The molecular weight excluding hydrogens is 662 g/mol. The van der Waals surface area contributed by atoms with Crippen LogP contribution in [-0.4, -0.2) is 59.6 Å². The highest BCUT2D eigenvalue weighted by Gasteiger charge is 2.47. The molecule has 0 radical (unpaired) electrons. The van der Waals surface area contributed by atoms with Gasteiger partial charge in [-0.15, -0.1) is 0 Å². The highest BCUT2D eigenvalue weighted by molar-refractivity contribution is 5.99. The Hall–Kier alpha value is -6.20. The molecule has 1 heterocycles. The first-order chi connectivity index (χ1) is 25.1. The van der Waals surface area contributed by atoms with E-state index < -0.39 is 48.4 Å². The molecule has 5 aromatic rings. The van der Waals surface area contributed by atoms with Crippen molar-refractivity contribution in [3.8, 4) is 11.5 Å². The zero-order valence-corrected chi connectivity index (χ0v) is 28.7. The number of carboxylic acids is 1. The summed E-state index contributed by atoms with van der Waals surface area (Å²) in [6.07, 6.45) is 0.812. The Morgan fingerprint density at radius 3 is 2.06 bits per heavy atom. The second kappa shape index (κ2) is 15.8. The largest absolute Gasteiger partial charge is 0.490 e. The molecule has 0 saturated heterocycles. The van der Waals surface area contributed by atoms with Crippen molar-refractivity contribution in [2.24, 2.45) is 5.92 Å². The van der Waals surface area contributed by atoms with Crippen LogP contribution in [0.4, 0.5) is 0 Å². The van der Waals surface area contributed by atoms with Crippen molar-refractivity contribution in [1.82, 2.24) is 16.1 Å². The van der Waals surface area contributed by atoms with E-state index in [-0.39, 0.29) is 18.4 Å². The minimum absolute atomic E-state index is 0.158. The first-order valence-corrected chi connectivity index (χ1v) is 16.9. The van der Waals surface area contributed by atoms with Gasteiger partial charge in [0.15, 0.2) is 5.78 Å². The van der Waals surface area contributed by atoms with Crippen LogP contribution in [0.1, 0.15) is 30.6 Å². The number of Topliss-reactive ketones (excluding diaryl/α,β-unsaturated/α-hetero) is 1. The van der Waals surface area contributed by atoms with Crippen LogP contribution in [0.3, 0.4) is 0 Å². The Labute approximate surface area is 300 Å². The highest BCUT2D eigenvalue weighted by Crippen LogP contribution is 2.28. The molecule has 0 fully saturated rings. The van der Waals surface area contributed by atoms with Gasteiger partial charge in [-0.1, -0.05) is 92.7 Å². The number of aliphatic carboxylic acids is 1. The molecule has 1 aliphatic rings. The number of rotatable bonds is 15. The summed E-state index contributed by atoms with van der Waals surface area (Å²) >= 11 is 0. The molecular formula is C41H39N3O8. The number of amides is 2. The van der Waals surface area contributed by atoms with Gasteiger partial charge in [0.25, 0.3) is 11.8 Å². The fourth-order valence-corrected chi connectivity index (χ4v) is 5.94. The molecule has 52 heavy (non-hydrogen) atoms. The maximum atomic E-state index is 14.1. The standard InChI is InChI=1S/C41H39N3O8/c1-26(2)38(43-39(48)31-17-16-27-10-6-8-12-29(27)20-31)35-23-41(52-44-35,25-51-32-14-4-3-5-15-32)40(49)42-34(22-37(46)47)36(45)24-50-33-19-18-28-11-7-9-13-30(28)21-33/h3-21,23,26,34,38,44H,22,24-25H2,1-2H3,(H,42,49)(H,43,48)(H,46,47)/t34-,38-,41?/m0/s1. The van der Waals surface area contributed by atoms with E-state index in [0.29, 0.717) is 22.8 Å². The van der Waals surface area contributed by atoms with Gasteiger partial charge in [-0.3, -0.25) is 29.5 Å². The number of hydrogen-bond donors (Lipinski definition) is 4. The van der Waals surface area contributed by atoms with Crippen molar-refractivity contribution >= 4 is 45.1 Å². The highest BCUT2D eigenvalue weighted by atomic mass is 16.7. The number of hydrogen-bond acceptors (Lipinski definition) is 8. The molecule has 0 spiro atoms. The molecule has 2 amide bonds. The number of ketones is 1. The summed E-state index contributed by atoms with van der Waals surface area (Å²) in [7, 11) is 0. The van der Waals surface area contributed by atoms with Gasteiger partial charge in [-0.2, -0.15) is 0 Å². The van der Waals surface area contributed by atoms with Gasteiger partial charge < -0.3 is 25.2 Å². The van der Waals surface area contributed by atoms with Gasteiger partial charge in [0, 0.05) is 5.56 Å². The number of nitrogens with one attached hydrogen (secondary N) is 3. The Morgan fingerprint density at radius 2 is 1.38 bits per heavy atom. The topological polar surface area (TPSA) is 152 Å². The summed E-state index contributed by atoms with van der Waals surface area (Å²) in [6, 6.07) is 32.8. The second-order valence-corrected chi connectivity index (χ2v) is 12.9. The molecule has 11 heteroatoms. The van der Waals surface area contributed by atoms with Gasteiger partial charge in [0.2, 0.25) is 5.60 Å². The van der Waals surface area contributed by atoms with Crippen molar-refractivity contribution in [3.05, 3.63) is 133 Å². The van der Waals surface area contributed by atoms with E-state index in [9.17, 15) is 24.3 Å². The number of carboxylic acid groups (broad SMARTS) is 1. The number of ether oxygens (including phenoxy) is 2. The van der Waals surface area contributed by atoms with Crippen molar-refractivity contribution in [2.45, 2.75) is 38.0 Å². The predicted octanol–water partition coefficient (Wildman–Crippen LogP) is 5.59. The van der Waals surface area contributed by atoms with Crippen molar-refractivity contribution in [1.29, 1.82) is 0 Å². The normalized spacial score (nSPS) is 16.4. The van der Waals surface area contributed by atoms with Gasteiger partial charge in [0.05, 0.1) is 18.2 Å². The molecule has 266 valence electrons. The maximum absolute atomic E-state index is 14.1. The lowest BCUT2D eigenvalue weighted by molar-refractivity contribution is -0.151.